The zero-order valence-electron chi connectivity index (χ0n) is 8.68. The highest BCUT2D eigenvalue weighted by Crippen LogP contribution is 2.29. The fourth-order valence-corrected chi connectivity index (χ4v) is 2.35. The number of fused-ring (bicyclic) bond motifs is 1. The smallest absolute Gasteiger partial charge is 0.0386 e. The Bertz CT molecular complexity index is 333. The molecule has 1 aromatic carbocycles. The summed E-state index contributed by atoms with van der Waals surface area (Å²) in [4.78, 5) is 0. The van der Waals surface area contributed by atoms with Crippen molar-refractivity contribution in [1.82, 2.24) is 0 Å². The van der Waals surface area contributed by atoms with Crippen molar-refractivity contribution in [3.63, 3.8) is 0 Å². The van der Waals surface area contributed by atoms with Crippen LogP contribution in [0.1, 0.15) is 25.8 Å². The number of nitrogens with one attached hydrogen (secondary N) is 1. The molecule has 0 amide bonds. The maximum atomic E-state index is 3.61. The third kappa shape index (κ3) is 1.95. The van der Waals surface area contributed by atoms with Gasteiger partial charge in [0, 0.05) is 16.2 Å². The Balaban J connectivity index is 2.24. The second-order valence-electron chi connectivity index (χ2n) is 4.33. The predicted octanol–water partition coefficient (Wildman–Crippen LogP) is 3.83. The van der Waals surface area contributed by atoms with E-state index in [1.54, 1.807) is 0 Å². The Hall–Kier alpha value is -0.500. The molecule has 1 aromatic rings. The van der Waals surface area contributed by atoms with Crippen molar-refractivity contribution in [3.05, 3.63) is 28.2 Å². The van der Waals surface area contributed by atoms with Crippen molar-refractivity contribution < 1.29 is 0 Å². The summed E-state index contributed by atoms with van der Waals surface area (Å²) in [5, 5.41) is 3.61. The summed E-state index contributed by atoms with van der Waals surface area (Å²) in [5.74, 6) is 0.710. The van der Waals surface area contributed by atoms with Crippen LogP contribution in [-0.4, -0.2) is 6.04 Å². The lowest BCUT2D eigenvalue weighted by atomic mass is 9.92. The van der Waals surface area contributed by atoms with Gasteiger partial charge in [-0.1, -0.05) is 35.8 Å². The number of aryl methyl sites for hydroxylation is 1. The number of anilines is 1. The minimum absolute atomic E-state index is 0.636. The van der Waals surface area contributed by atoms with Gasteiger partial charge in [-0.25, -0.2) is 0 Å². The minimum atomic E-state index is 0.636. The van der Waals surface area contributed by atoms with Gasteiger partial charge in [0.2, 0.25) is 0 Å². The van der Waals surface area contributed by atoms with Gasteiger partial charge in [0.05, 0.1) is 0 Å². The van der Waals surface area contributed by atoms with E-state index >= 15 is 0 Å². The van der Waals surface area contributed by atoms with Gasteiger partial charge in [-0.3, -0.25) is 0 Å². The molecule has 0 saturated heterocycles. The Kier molecular flexibility index (Phi) is 2.82. The molecule has 1 atom stereocenters. The standard InChI is InChI=1S/C12H16BrN/c1-8(2)11-6-4-9-3-5-10(13)7-12(9)14-11/h3,5,7-8,11,14H,4,6H2,1-2H3. The van der Waals surface area contributed by atoms with Crippen molar-refractivity contribution in [2.24, 2.45) is 5.92 Å². The van der Waals surface area contributed by atoms with Crippen LogP contribution in [0.25, 0.3) is 0 Å². The average molecular weight is 254 g/mol. The first-order valence-corrected chi connectivity index (χ1v) is 6.01. The van der Waals surface area contributed by atoms with Crippen molar-refractivity contribution in [2.75, 3.05) is 5.32 Å². The number of benzene rings is 1. The second-order valence-corrected chi connectivity index (χ2v) is 5.25. The summed E-state index contributed by atoms with van der Waals surface area (Å²) in [6.45, 7) is 4.56. The maximum absolute atomic E-state index is 3.61. The van der Waals surface area contributed by atoms with Crippen LogP contribution in [0.15, 0.2) is 22.7 Å². The Morgan fingerprint density at radius 3 is 2.93 bits per heavy atom. The minimum Gasteiger partial charge on any atom is -0.382 e. The molecular weight excluding hydrogens is 238 g/mol. The average Bonchev–Trinajstić information content (AvgIpc) is 2.16. The normalized spacial score (nSPS) is 20.4. The van der Waals surface area contributed by atoms with Crippen LogP contribution in [0.4, 0.5) is 5.69 Å². The van der Waals surface area contributed by atoms with Crippen LogP contribution in [0.5, 0.6) is 0 Å². The monoisotopic (exact) mass is 253 g/mol. The van der Waals surface area contributed by atoms with E-state index in [0.717, 1.165) is 4.47 Å². The van der Waals surface area contributed by atoms with Gasteiger partial charge in [0.15, 0.2) is 0 Å². The van der Waals surface area contributed by atoms with Crippen LogP contribution in [0.3, 0.4) is 0 Å². The SMILES string of the molecule is CC(C)C1CCc2ccc(Br)cc2N1. The lowest BCUT2D eigenvalue weighted by molar-refractivity contribution is 0.483. The van der Waals surface area contributed by atoms with Gasteiger partial charge in [0.1, 0.15) is 0 Å². The highest BCUT2D eigenvalue weighted by molar-refractivity contribution is 9.10. The summed E-state index contributed by atoms with van der Waals surface area (Å²) >= 11 is 3.51. The third-order valence-corrected chi connectivity index (χ3v) is 3.44. The van der Waals surface area contributed by atoms with Gasteiger partial charge in [-0.2, -0.15) is 0 Å². The van der Waals surface area contributed by atoms with Crippen LogP contribution < -0.4 is 5.32 Å². The van der Waals surface area contributed by atoms with Crippen molar-refractivity contribution in [3.8, 4) is 0 Å². The van der Waals surface area contributed by atoms with E-state index in [1.165, 1.54) is 24.1 Å². The highest BCUT2D eigenvalue weighted by atomic mass is 79.9. The molecule has 2 heteroatoms. The molecule has 0 radical (unpaired) electrons. The van der Waals surface area contributed by atoms with Crippen LogP contribution in [0, 0.1) is 5.92 Å². The molecule has 0 fully saturated rings. The highest BCUT2D eigenvalue weighted by Gasteiger charge is 2.19. The molecule has 0 spiro atoms. The molecule has 0 aromatic heterocycles. The van der Waals surface area contributed by atoms with Gasteiger partial charge in [-0.05, 0) is 36.5 Å². The fraction of sp³-hybridized carbons (Fsp3) is 0.500. The van der Waals surface area contributed by atoms with E-state index < -0.39 is 0 Å². The molecule has 0 saturated carbocycles. The van der Waals surface area contributed by atoms with Gasteiger partial charge < -0.3 is 5.32 Å². The maximum Gasteiger partial charge on any atom is 0.0386 e. The molecule has 1 N–H and O–H groups in total. The number of hydrogen-bond donors (Lipinski definition) is 1. The van der Waals surface area contributed by atoms with E-state index in [4.69, 9.17) is 0 Å². The van der Waals surface area contributed by atoms with E-state index in [2.05, 4.69) is 53.3 Å². The van der Waals surface area contributed by atoms with Gasteiger partial charge >= 0.3 is 0 Å². The van der Waals surface area contributed by atoms with Crippen LogP contribution in [0.2, 0.25) is 0 Å². The van der Waals surface area contributed by atoms with Crippen LogP contribution >= 0.6 is 15.9 Å². The van der Waals surface area contributed by atoms with E-state index in [-0.39, 0.29) is 0 Å². The lowest BCUT2D eigenvalue weighted by Crippen LogP contribution is -2.30. The molecule has 1 heterocycles. The Morgan fingerprint density at radius 1 is 1.43 bits per heavy atom. The molecule has 1 unspecified atom stereocenters. The molecule has 0 bridgehead atoms. The summed E-state index contributed by atoms with van der Waals surface area (Å²) in [5.41, 5.74) is 2.76. The first kappa shape index (κ1) is 10.0. The lowest BCUT2D eigenvalue weighted by Gasteiger charge is -2.29. The quantitative estimate of drug-likeness (QED) is 0.803. The second kappa shape index (κ2) is 3.93. The van der Waals surface area contributed by atoms with Gasteiger partial charge in [-0.15, -0.1) is 0 Å². The first-order valence-electron chi connectivity index (χ1n) is 5.22. The fourth-order valence-electron chi connectivity index (χ4n) is 1.98. The first-order chi connectivity index (χ1) is 6.66. The molecule has 2 rings (SSSR count). The summed E-state index contributed by atoms with van der Waals surface area (Å²) in [6, 6.07) is 7.15. The number of rotatable bonds is 1. The largest absolute Gasteiger partial charge is 0.382 e. The van der Waals surface area contributed by atoms with Crippen molar-refractivity contribution >= 4 is 21.6 Å². The molecular formula is C12H16BrN. The third-order valence-electron chi connectivity index (χ3n) is 2.94. The van der Waals surface area contributed by atoms with Crippen LogP contribution in [-0.2, 0) is 6.42 Å². The Labute approximate surface area is 94.0 Å². The molecule has 76 valence electrons. The summed E-state index contributed by atoms with van der Waals surface area (Å²) in [6.07, 6.45) is 2.46. The zero-order valence-corrected chi connectivity index (χ0v) is 10.3. The molecule has 0 aliphatic carbocycles. The number of hydrogen-bond acceptors (Lipinski definition) is 1. The molecule has 14 heavy (non-hydrogen) atoms. The van der Waals surface area contributed by atoms with Gasteiger partial charge in [0.25, 0.3) is 0 Å². The zero-order chi connectivity index (χ0) is 10.1. The number of halogens is 1. The van der Waals surface area contributed by atoms with Crippen molar-refractivity contribution in [2.45, 2.75) is 32.7 Å². The van der Waals surface area contributed by atoms with E-state index in [9.17, 15) is 0 Å². The topological polar surface area (TPSA) is 12.0 Å². The summed E-state index contributed by atoms with van der Waals surface area (Å²) < 4.78 is 1.16. The van der Waals surface area contributed by atoms with E-state index in [0.29, 0.717) is 12.0 Å². The molecule has 1 aliphatic rings. The Morgan fingerprint density at radius 2 is 2.21 bits per heavy atom. The predicted molar refractivity (Wildman–Crippen MR) is 64.7 cm³/mol. The molecule has 1 aliphatic heterocycles. The van der Waals surface area contributed by atoms with E-state index in [1.807, 2.05) is 0 Å². The summed E-state index contributed by atoms with van der Waals surface area (Å²) in [7, 11) is 0. The van der Waals surface area contributed by atoms with Crippen molar-refractivity contribution in [1.29, 1.82) is 0 Å². The molecule has 1 nitrogen and oxygen atoms in total.